The maximum atomic E-state index is 13.3. The number of hydrogen-bond donors (Lipinski definition) is 2. The van der Waals surface area contributed by atoms with Crippen molar-refractivity contribution in [1.82, 2.24) is 15.5 Å². The number of nitrogens with one attached hydrogen (secondary N) is 1. The van der Waals surface area contributed by atoms with E-state index in [2.05, 4.69) is 15.5 Å². The summed E-state index contributed by atoms with van der Waals surface area (Å²) in [7, 11) is 0. The van der Waals surface area contributed by atoms with E-state index in [1.54, 1.807) is 0 Å². The molecule has 0 radical (unpaired) electrons. The summed E-state index contributed by atoms with van der Waals surface area (Å²) in [4.78, 5) is 27.7. The van der Waals surface area contributed by atoms with Gasteiger partial charge in [-0.3, -0.25) is 4.79 Å². The number of halogens is 1. The second-order valence-corrected chi connectivity index (χ2v) is 6.06. The number of rotatable bonds is 9. The van der Waals surface area contributed by atoms with Gasteiger partial charge in [0.1, 0.15) is 5.82 Å². The van der Waals surface area contributed by atoms with Crippen molar-refractivity contribution < 1.29 is 23.6 Å². The number of carboxylic acid groups (broad SMARTS) is 1. The molecule has 0 saturated heterocycles. The van der Waals surface area contributed by atoms with E-state index in [4.69, 9.17) is 4.52 Å². The summed E-state index contributed by atoms with van der Waals surface area (Å²) in [6, 6.07) is 2.74. The summed E-state index contributed by atoms with van der Waals surface area (Å²) in [5, 5.41) is 15.6. The third-order valence-corrected chi connectivity index (χ3v) is 3.85. The third-order valence-electron chi connectivity index (χ3n) is 3.85. The van der Waals surface area contributed by atoms with Crippen LogP contribution in [0.4, 0.5) is 4.39 Å². The highest BCUT2D eigenvalue weighted by Gasteiger charge is 2.22. The van der Waals surface area contributed by atoms with Gasteiger partial charge in [0.2, 0.25) is 11.8 Å². The summed E-state index contributed by atoms with van der Waals surface area (Å²) in [6.45, 7) is 3.55. The van der Waals surface area contributed by atoms with Crippen molar-refractivity contribution in [3.05, 3.63) is 46.9 Å². The zero-order valence-electron chi connectivity index (χ0n) is 14.8. The summed E-state index contributed by atoms with van der Waals surface area (Å²) < 4.78 is 18.4. The normalized spacial score (nSPS) is 12.0. The standard InChI is InChI=1S/C18H22FN3O4/c1-3-5-14-20-16(26-22-14)7-4-6-15(23)21-17(18(24)25)12-8-9-13(19)11(2)10-12/h8-10,17H,3-7H2,1-2H3,(H,21,23)(H,24,25). The highest BCUT2D eigenvalue weighted by atomic mass is 19.1. The van der Waals surface area contributed by atoms with Gasteiger partial charge in [-0.1, -0.05) is 24.2 Å². The van der Waals surface area contributed by atoms with Crippen molar-refractivity contribution in [3.63, 3.8) is 0 Å². The molecule has 1 aromatic heterocycles. The van der Waals surface area contributed by atoms with Gasteiger partial charge in [0, 0.05) is 19.3 Å². The molecule has 1 heterocycles. The van der Waals surface area contributed by atoms with Crippen LogP contribution in [-0.2, 0) is 22.4 Å². The van der Waals surface area contributed by atoms with Crippen LogP contribution in [0.2, 0.25) is 0 Å². The Morgan fingerprint density at radius 1 is 1.35 bits per heavy atom. The van der Waals surface area contributed by atoms with Gasteiger partial charge < -0.3 is 14.9 Å². The van der Waals surface area contributed by atoms with Gasteiger partial charge in [-0.2, -0.15) is 4.98 Å². The van der Waals surface area contributed by atoms with Crippen LogP contribution in [0.25, 0.3) is 0 Å². The van der Waals surface area contributed by atoms with E-state index in [9.17, 15) is 19.1 Å². The monoisotopic (exact) mass is 363 g/mol. The van der Waals surface area contributed by atoms with Gasteiger partial charge in [-0.15, -0.1) is 0 Å². The fourth-order valence-corrected chi connectivity index (χ4v) is 2.49. The fraction of sp³-hybridized carbons (Fsp3) is 0.444. The number of nitrogens with zero attached hydrogens (tertiary/aromatic N) is 2. The number of hydrogen-bond acceptors (Lipinski definition) is 5. The maximum absolute atomic E-state index is 13.3. The Labute approximate surface area is 150 Å². The summed E-state index contributed by atoms with van der Waals surface area (Å²) in [5.74, 6) is -0.931. The Kier molecular flexibility index (Phi) is 6.82. The second kappa shape index (κ2) is 9.07. The zero-order chi connectivity index (χ0) is 19.1. The van der Waals surface area contributed by atoms with Gasteiger partial charge in [0.15, 0.2) is 11.9 Å². The first kappa shape index (κ1) is 19.6. The number of aromatic nitrogens is 2. The average molecular weight is 363 g/mol. The Balaban J connectivity index is 1.89. The van der Waals surface area contributed by atoms with Crippen LogP contribution < -0.4 is 5.32 Å². The van der Waals surface area contributed by atoms with E-state index in [1.807, 2.05) is 6.92 Å². The van der Waals surface area contributed by atoms with Crippen LogP contribution in [0.5, 0.6) is 0 Å². The van der Waals surface area contributed by atoms with Gasteiger partial charge in [0.25, 0.3) is 0 Å². The molecule has 2 aromatic rings. The van der Waals surface area contributed by atoms with Crippen molar-refractivity contribution in [1.29, 1.82) is 0 Å². The van der Waals surface area contributed by atoms with E-state index in [0.29, 0.717) is 35.7 Å². The number of aryl methyl sites for hydroxylation is 3. The Bertz CT molecular complexity index is 776. The first-order valence-corrected chi connectivity index (χ1v) is 8.50. The average Bonchev–Trinajstić information content (AvgIpc) is 3.03. The lowest BCUT2D eigenvalue weighted by atomic mass is 10.0. The number of carboxylic acids is 1. The Hall–Kier alpha value is -2.77. The van der Waals surface area contributed by atoms with Crippen LogP contribution in [0, 0.1) is 12.7 Å². The van der Waals surface area contributed by atoms with E-state index in [-0.39, 0.29) is 6.42 Å². The van der Waals surface area contributed by atoms with Crippen molar-refractivity contribution in [3.8, 4) is 0 Å². The lowest BCUT2D eigenvalue weighted by Crippen LogP contribution is -2.33. The topological polar surface area (TPSA) is 105 Å². The molecule has 140 valence electrons. The summed E-state index contributed by atoms with van der Waals surface area (Å²) in [5.41, 5.74) is 0.646. The van der Waals surface area contributed by atoms with E-state index in [0.717, 1.165) is 12.8 Å². The molecular formula is C18H22FN3O4. The highest BCUT2D eigenvalue weighted by Crippen LogP contribution is 2.17. The predicted molar refractivity (Wildman–Crippen MR) is 90.9 cm³/mol. The third kappa shape index (κ3) is 5.37. The summed E-state index contributed by atoms with van der Waals surface area (Å²) >= 11 is 0. The van der Waals surface area contributed by atoms with Crippen LogP contribution >= 0.6 is 0 Å². The second-order valence-electron chi connectivity index (χ2n) is 6.06. The van der Waals surface area contributed by atoms with Crippen molar-refractivity contribution in [2.45, 2.75) is 52.0 Å². The minimum Gasteiger partial charge on any atom is -0.479 e. The molecule has 26 heavy (non-hydrogen) atoms. The first-order chi connectivity index (χ1) is 12.4. The minimum absolute atomic E-state index is 0.120. The zero-order valence-corrected chi connectivity index (χ0v) is 14.8. The molecule has 0 saturated carbocycles. The fourth-order valence-electron chi connectivity index (χ4n) is 2.49. The van der Waals surface area contributed by atoms with Crippen LogP contribution in [0.15, 0.2) is 22.7 Å². The minimum atomic E-state index is -1.22. The highest BCUT2D eigenvalue weighted by molar-refractivity contribution is 5.84. The smallest absolute Gasteiger partial charge is 0.330 e. The van der Waals surface area contributed by atoms with Crippen molar-refractivity contribution in [2.75, 3.05) is 0 Å². The number of aliphatic carboxylic acids is 1. The van der Waals surface area contributed by atoms with Crippen LogP contribution in [0.1, 0.15) is 55.1 Å². The molecule has 1 amide bonds. The quantitative estimate of drug-likeness (QED) is 0.710. The van der Waals surface area contributed by atoms with E-state index in [1.165, 1.54) is 25.1 Å². The lowest BCUT2D eigenvalue weighted by molar-refractivity contribution is -0.142. The summed E-state index contributed by atoms with van der Waals surface area (Å²) in [6.07, 6.45) is 2.67. The van der Waals surface area contributed by atoms with E-state index < -0.39 is 23.7 Å². The number of carbonyl (C=O) groups is 2. The van der Waals surface area contributed by atoms with Gasteiger partial charge in [-0.05, 0) is 37.0 Å². The van der Waals surface area contributed by atoms with Crippen LogP contribution in [-0.4, -0.2) is 27.1 Å². The molecule has 7 nitrogen and oxygen atoms in total. The molecule has 8 heteroatoms. The van der Waals surface area contributed by atoms with E-state index >= 15 is 0 Å². The molecule has 0 aliphatic carbocycles. The predicted octanol–water partition coefficient (Wildman–Crippen LogP) is 2.73. The molecule has 1 aromatic carbocycles. The first-order valence-electron chi connectivity index (χ1n) is 8.50. The van der Waals surface area contributed by atoms with Crippen LogP contribution in [0.3, 0.4) is 0 Å². The number of amides is 1. The molecule has 2 N–H and O–H groups in total. The largest absolute Gasteiger partial charge is 0.479 e. The SMILES string of the molecule is CCCc1noc(CCCC(=O)NC(C(=O)O)c2ccc(F)c(C)c2)n1. The van der Waals surface area contributed by atoms with Crippen molar-refractivity contribution in [2.24, 2.45) is 0 Å². The molecular weight excluding hydrogens is 341 g/mol. The Morgan fingerprint density at radius 3 is 2.77 bits per heavy atom. The molecule has 0 fully saturated rings. The molecule has 1 unspecified atom stereocenters. The molecule has 0 bridgehead atoms. The van der Waals surface area contributed by atoms with Crippen molar-refractivity contribution >= 4 is 11.9 Å². The maximum Gasteiger partial charge on any atom is 0.330 e. The molecule has 0 aliphatic heterocycles. The van der Waals surface area contributed by atoms with Gasteiger partial charge in [-0.25, -0.2) is 9.18 Å². The molecule has 0 spiro atoms. The molecule has 0 aliphatic rings. The molecule has 2 rings (SSSR count). The number of carbonyl (C=O) groups excluding carboxylic acids is 1. The molecule has 1 atom stereocenters. The van der Waals surface area contributed by atoms with Gasteiger partial charge in [0.05, 0.1) is 0 Å². The Morgan fingerprint density at radius 2 is 2.12 bits per heavy atom. The lowest BCUT2D eigenvalue weighted by Gasteiger charge is -2.15. The number of benzene rings is 1. The van der Waals surface area contributed by atoms with Gasteiger partial charge >= 0.3 is 5.97 Å².